The van der Waals surface area contributed by atoms with E-state index in [1.807, 2.05) is 0 Å². The number of piperidine rings is 1. The number of primary amides is 1. The van der Waals surface area contributed by atoms with Gasteiger partial charge >= 0.3 is 5.97 Å². The number of benzene rings is 1. The number of sulfonamides is 1. The molecule has 1 aliphatic rings. The molecule has 2 rings (SSSR count). The van der Waals surface area contributed by atoms with Gasteiger partial charge in [0.15, 0.2) is 0 Å². The number of amides is 1. The summed E-state index contributed by atoms with van der Waals surface area (Å²) in [4.78, 5) is 23.2. The quantitative estimate of drug-likeness (QED) is 0.786. The molecule has 8 heteroatoms. The standard InChI is InChI=1S/C15H20N2O5S/c1-23(20,21)17-7-3-6-13(9-17)15(19)22-10-11-4-2-5-12(8-11)14(16)18/h2,4-5,8,13H,3,6-7,9-10H2,1H3,(H2,16,18)/t13-/m0/s1. The molecule has 0 radical (unpaired) electrons. The van der Waals surface area contributed by atoms with Gasteiger partial charge in [-0.05, 0) is 30.5 Å². The molecule has 1 aliphatic heterocycles. The van der Waals surface area contributed by atoms with Crippen LogP contribution in [0.3, 0.4) is 0 Å². The minimum atomic E-state index is -3.30. The second-order valence-electron chi connectivity index (χ2n) is 5.63. The van der Waals surface area contributed by atoms with Crippen molar-refractivity contribution in [3.05, 3.63) is 35.4 Å². The molecule has 1 aromatic carbocycles. The van der Waals surface area contributed by atoms with Gasteiger partial charge in [0.1, 0.15) is 6.61 Å². The van der Waals surface area contributed by atoms with E-state index in [9.17, 15) is 18.0 Å². The maximum atomic E-state index is 12.1. The van der Waals surface area contributed by atoms with Gasteiger partial charge in [-0.25, -0.2) is 12.7 Å². The van der Waals surface area contributed by atoms with Crippen LogP contribution >= 0.6 is 0 Å². The van der Waals surface area contributed by atoms with E-state index in [1.165, 1.54) is 4.31 Å². The lowest BCUT2D eigenvalue weighted by atomic mass is 10.00. The zero-order chi connectivity index (χ0) is 17.0. The Hall–Kier alpha value is -1.93. The number of esters is 1. The summed E-state index contributed by atoms with van der Waals surface area (Å²) >= 11 is 0. The van der Waals surface area contributed by atoms with Crippen LogP contribution in [-0.4, -0.2) is 43.9 Å². The highest BCUT2D eigenvalue weighted by atomic mass is 32.2. The van der Waals surface area contributed by atoms with Crippen LogP contribution in [0.5, 0.6) is 0 Å². The lowest BCUT2D eigenvalue weighted by molar-refractivity contribution is -0.151. The molecule has 7 nitrogen and oxygen atoms in total. The third-order valence-electron chi connectivity index (χ3n) is 3.78. The average Bonchev–Trinajstić information content (AvgIpc) is 2.52. The molecule has 2 N–H and O–H groups in total. The largest absolute Gasteiger partial charge is 0.461 e. The second kappa shape index (κ2) is 7.10. The number of carbonyl (C=O) groups is 2. The van der Waals surface area contributed by atoms with Crippen LogP contribution in [0.4, 0.5) is 0 Å². The molecular formula is C15H20N2O5S. The fourth-order valence-electron chi connectivity index (χ4n) is 2.52. The molecule has 0 saturated carbocycles. The van der Waals surface area contributed by atoms with Gasteiger partial charge in [-0.15, -0.1) is 0 Å². The van der Waals surface area contributed by atoms with Crippen LogP contribution in [-0.2, 0) is 26.2 Å². The van der Waals surface area contributed by atoms with E-state index in [0.29, 0.717) is 30.5 Å². The van der Waals surface area contributed by atoms with Crippen molar-refractivity contribution in [1.82, 2.24) is 4.31 Å². The molecule has 0 bridgehead atoms. The Balaban J connectivity index is 1.94. The third-order valence-corrected chi connectivity index (χ3v) is 5.05. The van der Waals surface area contributed by atoms with Crippen LogP contribution < -0.4 is 5.73 Å². The minimum Gasteiger partial charge on any atom is -0.461 e. The molecule has 0 aliphatic carbocycles. The Kier molecular flexibility index (Phi) is 5.38. The molecule has 23 heavy (non-hydrogen) atoms. The number of hydrogen-bond acceptors (Lipinski definition) is 5. The first kappa shape index (κ1) is 17.4. The Labute approximate surface area is 135 Å². The molecule has 1 atom stereocenters. The van der Waals surface area contributed by atoms with Crippen LogP contribution in [0, 0.1) is 5.92 Å². The number of hydrogen-bond donors (Lipinski definition) is 1. The van der Waals surface area contributed by atoms with Gasteiger partial charge < -0.3 is 10.5 Å². The summed E-state index contributed by atoms with van der Waals surface area (Å²) in [5, 5.41) is 0. The SMILES string of the molecule is CS(=O)(=O)N1CCC[C@H](C(=O)OCc2cccc(C(N)=O)c2)C1. The first-order valence-corrected chi connectivity index (χ1v) is 9.12. The first-order valence-electron chi connectivity index (χ1n) is 7.28. The summed E-state index contributed by atoms with van der Waals surface area (Å²) in [6, 6.07) is 6.54. The lowest BCUT2D eigenvalue weighted by Crippen LogP contribution is -2.42. The predicted molar refractivity (Wildman–Crippen MR) is 83.9 cm³/mol. The van der Waals surface area contributed by atoms with Gasteiger partial charge in [-0.1, -0.05) is 12.1 Å². The molecule has 0 aromatic heterocycles. The van der Waals surface area contributed by atoms with Gasteiger partial charge in [-0.2, -0.15) is 0 Å². The van der Waals surface area contributed by atoms with Gasteiger partial charge in [0.05, 0.1) is 12.2 Å². The topological polar surface area (TPSA) is 107 Å². The zero-order valence-corrected chi connectivity index (χ0v) is 13.7. The molecule has 0 unspecified atom stereocenters. The first-order chi connectivity index (χ1) is 10.8. The molecule has 126 valence electrons. The summed E-state index contributed by atoms with van der Waals surface area (Å²) < 4.78 is 29.7. The predicted octanol–water partition coefficient (Wildman–Crippen LogP) is 0.500. The summed E-state index contributed by atoms with van der Waals surface area (Å²) in [7, 11) is -3.30. The highest BCUT2D eigenvalue weighted by Crippen LogP contribution is 2.20. The normalized spacial score (nSPS) is 19.3. The van der Waals surface area contributed by atoms with Crippen LogP contribution in [0.25, 0.3) is 0 Å². The molecule has 1 saturated heterocycles. The molecular weight excluding hydrogens is 320 g/mol. The monoisotopic (exact) mass is 340 g/mol. The van der Waals surface area contributed by atoms with Crippen molar-refractivity contribution in [3.63, 3.8) is 0 Å². The van der Waals surface area contributed by atoms with Crippen molar-refractivity contribution in [1.29, 1.82) is 0 Å². The van der Waals surface area contributed by atoms with E-state index < -0.39 is 27.8 Å². The van der Waals surface area contributed by atoms with Gasteiger partial charge in [0.25, 0.3) is 0 Å². The molecule has 0 spiro atoms. The highest BCUT2D eigenvalue weighted by molar-refractivity contribution is 7.88. The maximum Gasteiger partial charge on any atom is 0.310 e. The van der Waals surface area contributed by atoms with Crippen molar-refractivity contribution in [3.8, 4) is 0 Å². The number of ether oxygens (including phenoxy) is 1. The van der Waals surface area contributed by atoms with Crippen LogP contribution in [0.2, 0.25) is 0 Å². The van der Waals surface area contributed by atoms with E-state index in [-0.39, 0.29) is 13.2 Å². The van der Waals surface area contributed by atoms with Crippen LogP contribution in [0.15, 0.2) is 24.3 Å². The summed E-state index contributed by atoms with van der Waals surface area (Å²) in [6.07, 6.45) is 2.37. The van der Waals surface area contributed by atoms with E-state index in [1.54, 1.807) is 24.3 Å². The fourth-order valence-corrected chi connectivity index (χ4v) is 3.43. The second-order valence-corrected chi connectivity index (χ2v) is 7.61. The van der Waals surface area contributed by atoms with Gasteiger partial charge in [0, 0.05) is 18.7 Å². The van der Waals surface area contributed by atoms with Crippen LogP contribution in [0.1, 0.15) is 28.8 Å². The van der Waals surface area contributed by atoms with E-state index >= 15 is 0 Å². The summed E-state index contributed by atoms with van der Waals surface area (Å²) in [5.74, 6) is -1.44. The summed E-state index contributed by atoms with van der Waals surface area (Å²) in [5.41, 5.74) is 6.21. The molecule has 1 amide bonds. The maximum absolute atomic E-state index is 12.1. The van der Waals surface area contributed by atoms with Crippen molar-refractivity contribution >= 4 is 21.9 Å². The highest BCUT2D eigenvalue weighted by Gasteiger charge is 2.31. The molecule has 1 aromatic rings. The number of nitrogens with two attached hydrogens (primary N) is 1. The number of nitrogens with zero attached hydrogens (tertiary/aromatic N) is 1. The van der Waals surface area contributed by atoms with Gasteiger partial charge in [-0.3, -0.25) is 9.59 Å². The van der Waals surface area contributed by atoms with E-state index in [4.69, 9.17) is 10.5 Å². The summed E-state index contributed by atoms with van der Waals surface area (Å²) in [6.45, 7) is 0.609. The fraction of sp³-hybridized carbons (Fsp3) is 0.467. The van der Waals surface area contributed by atoms with E-state index in [0.717, 1.165) is 6.26 Å². The van der Waals surface area contributed by atoms with Gasteiger partial charge in [0.2, 0.25) is 15.9 Å². The average molecular weight is 340 g/mol. The molecule has 1 fully saturated rings. The smallest absolute Gasteiger partial charge is 0.310 e. The van der Waals surface area contributed by atoms with Crippen molar-refractivity contribution in [2.24, 2.45) is 11.7 Å². The number of carbonyl (C=O) groups excluding carboxylic acids is 2. The third kappa shape index (κ3) is 4.77. The van der Waals surface area contributed by atoms with Crippen molar-refractivity contribution < 1.29 is 22.7 Å². The Morgan fingerprint density at radius 2 is 2.13 bits per heavy atom. The Morgan fingerprint density at radius 1 is 1.39 bits per heavy atom. The molecule has 1 heterocycles. The lowest BCUT2D eigenvalue weighted by Gasteiger charge is -2.29. The van der Waals surface area contributed by atoms with Crippen molar-refractivity contribution in [2.45, 2.75) is 19.4 Å². The minimum absolute atomic E-state index is 0.0231. The Bertz CT molecular complexity index is 702. The Morgan fingerprint density at radius 3 is 2.78 bits per heavy atom. The number of rotatable bonds is 5. The van der Waals surface area contributed by atoms with E-state index in [2.05, 4.69) is 0 Å². The van der Waals surface area contributed by atoms with Crippen molar-refractivity contribution in [2.75, 3.05) is 19.3 Å². The zero-order valence-electron chi connectivity index (χ0n) is 12.9.